The van der Waals surface area contributed by atoms with Gasteiger partial charge in [0.2, 0.25) is 5.88 Å². The van der Waals surface area contributed by atoms with Gasteiger partial charge in [-0.15, -0.1) is 11.8 Å². The predicted molar refractivity (Wildman–Crippen MR) is 113 cm³/mol. The average molecular weight is 394 g/mol. The maximum absolute atomic E-state index is 12.8. The summed E-state index contributed by atoms with van der Waals surface area (Å²) in [4.78, 5) is 21.4. The van der Waals surface area contributed by atoms with Gasteiger partial charge in [0.15, 0.2) is 0 Å². The number of benzene rings is 1. The van der Waals surface area contributed by atoms with Crippen LogP contribution in [-0.4, -0.2) is 22.5 Å². The van der Waals surface area contributed by atoms with E-state index in [1.54, 1.807) is 24.5 Å². The van der Waals surface area contributed by atoms with Crippen molar-refractivity contribution in [2.75, 3.05) is 11.9 Å². The Balaban J connectivity index is 1.73. The summed E-state index contributed by atoms with van der Waals surface area (Å²) < 4.78 is 5.45. The van der Waals surface area contributed by atoms with E-state index >= 15 is 0 Å². The van der Waals surface area contributed by atoms with Crippen molar-refractivity contribution < 1.29 is 9.53 Å². The summed E-state index contributed by atoms with van der Waals surface area (Å²) in [7, 11) is 0. The van der Waals surface area contributed by atoms with Crippen LogP contribution in [0.15, 0.2) is 59.9 Å². The lowest BCUT2D eigenvalue weighted by atomic mass is 10.1. The van der Waals surface area contributed by atoms with Crippen LogP contribution in [-0.2, 0) is 5.75 Å². The Morgan fingerprint density at radius 3 is 2.61 bits per heavy atom. The number of nitrogens with zero attached hydrogens (tertiary/aromatic N) is 2. The van der Waals surface area contributed by atoms with E-state index in [0.717, 1.165) is 22.4 Å². The van der Waals surface area contributed by atoms with Crippen LogP contribution >= 0.6 is 11.8 Å². The molecular formula is C22H23N3O2S. The number of amides is 1. The molecule has 1 N–H and O–H groups in total. The van der Waals surface area contributed by atoms with Crippen molar-refractivity contribution >= 4 is 23.4 Å². The van der Waals surface area contributed by atoms with Gasteiger partial charge in [-0.3, -0.25) is 4.79 Å². The fourth-order valence-corrected chi connectivity index (χ4v) is 3.78. The molecule has 0 radical (unpaired) electrons. The number of rotatable bonds is 7. The fourth-order valence-electron chi connectivity index (χ4n) is 2.84. The minimum absolute atomic E-state index is 0.162. The molecule has 6 heteroatoms. The van der Waals surface area contributed by atoms with E-state index in [0.29, 0.717) is 28.8 Å². The Labute approximate surface area is 169 Å². The quantitative estimate of drug-likeness (QED) is 0.570. The second-order valence-corrected chi connectivity index (χ2v) is 7.37. The van der Waals surface area contributed by atoms with Gasteiger partial charge in [0.1, 0.15) is 5.03 Å². The summed E-state index contributed by atoms with van der Waals surface area (Å²) in [5.74, 6) is 1.11. The zero-order valence-electron chi connectivity index (χ0n) is 16.2. The Morgan fingerprint density at radius 2 is 1.86 bits per heavy atom. The molecule has 2 heterocycles. The van der Waals surface area contributed by atoms with Gasteiger partial charge >= 0.3 is 0 Å². The normalized spacial score (nSPS) is 10.5. The zero-order chi connectivity index (χ0) is 19.9. The summed E-state index contributed by atoms with van der Waals surface area (Å²) in [5.41, 5.74) is 4.64. The molecule has 0 saturated carbocycles. The maximum atomic E-state index is 12.8. The number of nitrogens with one attached hydrogen (secondary N) is 1. The fraction of sp³-hybridized carbons (Fsp3) is 0.227. The molecule has 3 aromatic rings. The first-order valence-corrected chi connectivity index (χ1v) is 10.1. The van der Waals surface area contributed by atoms with Crippen LogP contribution in [0.3, 0.4) is 0 Å². The van der Waals surface area contributed by atoms with Crippen LogP contribution in [0.2, 0.25) is 0 Å². The van der Waals surface area contributed by atoms with Crippen molar-refractivity contribution in [1.82, 2.24) is 9.97 Å². The Morgan fingerprint density at radius 1 is 1.07 bits per heavy atom. The van der Waals surface area contributed by atoms with Crippen molar-refractivity contribution in [3.05, 3.63) is 77.1 Å². The van der Waals surface area contributed by atoms with Gasteiger partial charge in [-0.05, 0) is 67.8 Å². The SMILES string of the molecule is CCOc1cc(CSc2ncccc2C(=O)Nc2cc(C)cc(C)c2)ccn1. The number of ether oxygens (including phenoxy) is 1. The van der Waals surface area contributed by atoms with Gasteiger partial charge in [-0.2, -0.15) is 0 Å². The van der Waals surface area contributed by atoms with Crippen LogP contribution in [0.5, 0.6) is 5.88 Å². The highest BCUT2D eigenvalue weighted by atomic mass is 32.2. The topological polar surface area (TPSA) is 64.1 Å². The number of hydrogen-bond acceptors (Lipinski definition) is 5. The lowest BCUT2D eigenvalue weighted by Gasteiger charge is -2.11. The zero-order valence-corrected chi connectivity index (χ0v) is 17.0. The van der Waals surface area contributed by atoms with E-state index < -0.39 is 0 Å². The third-order valence-electron chi connectivity index (χ3n) is 3.96. The van der Waals surface area contributed by atoms with Gasteiger partial charge in [0.25, 0.3) is 5.91 Å². The number of pyridine rings is 2. The van der Waals surface area contributed by atoms with E-state index in [-0.39, 0.29) is 5.91 Å². The second-order valence-electron chi connectivity index (χ2n) is 6.41. The average Bonchev–Trinajstić information content (AvgIpc) is 2.66. The number of hydrogen-bond donors (Lipinski definition) is 1. The van der Waals surface area contributed by atoms with Gasteiger partial charge in [0, 0.05) is 29.9 Å². The highest BCUT2D eigenvalue weighted by Gasteiger charge is 2.14. The molecule has 144 valence electrons. The summed E-state index contributed by atoms with van der Waals surface area (Å²) >= 11 is 1.52. The van der Waals surface area contributed by atoms with Crippen LogP contribution in [0.25, 0.3) is 0 Å². The molecule has 2 aromatic heterocycles. The van der Waals surface area contributed by atoms with Crippen LogP contribution in [0.1, 0.15) is 34.0 Å². The number of aryl methyl sites for hydroxylation is 2. The Hall–Kier alpha value is -2.86. The highest BCUT2D eigenvalue weighted by molar-refractivity contribution is 7.98. The first kappa shape index (κ1) is 19.9. The van der Waals surface area contributed by atoms with Crippen LogP contribution < -0.4 is 10.1 Å². The minimum Gasteiger partial charge on any atom is -0.478 e. The first-order chi connectivity index (χ1) is 13.5. The molecule has 0 fully saturated rings. The number of thioether (sulfide) groups is 1. The smallest absolute Gasteiger partial charge is 0.258 e. The van der Waals surface area contributed by atoms with E-state index in [1.165, 1.54) is 11.8 Å². The molecule has 1 aromatic carbocycles. The monoisotopic (exact) mass is 393 g/mol. The molecule has 0 unspecified atom stereocenters. The van der Waals surface area contributed by atoms with E-state index in [9.17, 15) is 4.79 Å². The third-order valence-corrected chi connectivity index (χ3v) is 5.04. The minimum atomic E-state index is -0.162. The third kappa shape index (κ3) is 5.33. The molecule has 3 rings (SSSR count). The molecule has 0 atom stereocenters. The maximum Gasteiger partial charge on any atom is 0.258 e. The number of carbonyl (C=O) groups is 1. The van der Waals surface area contributed by atoms with Gasteiger partial charge in [0.05, 0.1) is 12.2 Å². The molecule has 0 aliphatic rings. The molecule has 0 saturated heterocycles. The molecule has 1 amide bonds. The molecule has 0 aliphatic heterocycles. The number of aromatic nitrogens is 2. The van der Waals surface area contributed by atoms with Gasteiger partial charge in [-0.1, -0.05) is 6.07 Å². The number of anilines is 1. The second kappa shape index (κ2) is 9.37. The van der Waals surface area contributed by atoms with Crippen LogP contribution in [0, 0.1) is 13.8 Å². The lowest BCUT2D eigenvalue weighted by Crippen LogP contribution is -2.14. The van der Waals surface area contributed by atoms with Crippen molar-refractivity contribution in [3.8, 4) is 5.88 Å². The summed E-state index contributed by atoms with van der Waals surface area (Å²) in [6, 6.07) is 13.4. The lowest BCUT2D eigenvalue weighted by molar-refractivity contribution is 0.102. The van der Waals surface area contributed by atoms with Crippen molar-refractivity contribution in [2.24, 2.45) is 0 Å². The van der Waals surface area contributed by atoms with Crippen molar-refractivity contribution in [2.45, 2.75) is 31.6 Å². The van der Waals surface area contributed by atoms with E-state index in [2.05, 4.69) is 21.4 Å². The first-order valence-electron chi connectivity index (χ1n) is 9.10. The molecule has 0 bridgehead atoms. The predicted octanol–water partition coefficient (Wildman–Crippen LogP) is 5.04. The van der Waals surface area contributed by atoms with Crippen molar-refractivity contribution in [3.63, 3.8) is 0 Å². The van der Waals surface area contributed by atoms with Gasteiger partial charge in [-0.25, -0.2) is 9.97 Å². The summed E-state index contributed by atoms with van der Waals surface area (Å²) in [6.45, 7) is 6.53. The summed E-state index contributed by atoms with van der Waals surface area (Å²) in [6.07, 6.45) is 3.43. The molecule has 5 nitrogen and oxygen atoms in total. The van der Waals surface area contributed by atoms with E-state index in [1.807, 2.05) is 45.0 Å². The number of carbonyl (C=O) groups excluding carboxylic acids is 1. The highest BCUT2D eigenvalue weighted by Crippen LogP contribution is 2.26. The Kier molecular flexibility index (Phi) is 6.66. The molecule has 0 spiro atoms. The molecular weight excluding hydrogens is 370 g/mol. The Bertz CT molecular complexity index is 955. The van der Waals surface area contributed by atoms with Crippen molar-refractivity contribution in [1.29, 1.82) is 0 Å². The summed E-state index contributed by atoms with van der Waals surface area (Å²) in [5, 5.41) is 3.68. The molecule has 28 heavy (non-hydrogen) atoms. The molecule has 0 aliphatic carbocycles. The van der Waals surface area contributed by atoms with E-state index in [4.69, 9.17) is 4.74 Å². The standard InChI is InChI=1S/C22H23N3O2S/c1-4-27-20-13-17(7-9-23-20)14-28-22-19(6-5-8-24-22)21(26)25-18-11-15(2)10-16(3)12-18/h5-13H,4,14H2,1-3H3,(H,25,26). The van der Waals surface area contributed by atoms with Gasteiger partial charge < -0.3 is 10.1 Å². The largest absolute Gasteiger partial charge is 0.478 e. The van der Waals surface area contributed by atoms with Crippen LogP contribution in [0.4, 0.5) is 5.69 Å².